The zero-order valence-corrected chi connectivity index (χ0v) is 11.4. The van der Waals surface area contributed by atoms with Crippen LogP contribution in [0.5, 0.6) is 0 Å². The molecule has 0 atom stereocenters. The number of nitrogens with zero attached hydrogens (tertiary/aromatic N) is 2. The minimum Gasteiger partial charge on any atom is -0.348 e. The molecule has 2 aromatic rings. The number of benzene rings is 1. The Morgan fingerprint density at radius 2 is 2.33 bits per heavy atom. The Balaban J connectivity index is 2.05. The van der Waals surface area contributed by atoms with Crippen LogP contribution in [0.1, 0.15) is 15.9 Å². The molecule has 0 radical (unpaired) electrons. The van der Waals surface area contributed by atoms with Crippen LogP contribution in [-0.4, -0.2) is 15.7 Å². The average molecular weight is 282 g/mol. The van der Waals surface area contributed by atoms with E-state index in [0.29, 0.717) is 22.0 Å². The Hall–Kier alpha value is -1.46. The summed E-state index contributed by atoms with van der Waals surface area (Å²) in [5.74, 6) is -0.222. The van der Waals surface area contributed by atoms with Gasteiger partial charge >= 0.3 is 0 Å². The van der Waals surface area contributed by atoms with Crippen LogP contribution in [0.25, 0.3) is 0 Å². The molecule has 1 aromatic heterocycles. The van der Waals surface area contributed by atoms with Crippen LogP contribution in [0.2, 0.25) is 5.02 Å². The number of thiol groups is 1. The molecular weight excluding hydrogens is 270 g/mol. The maximum absolute atomic E-state index is 11.9. The highest BCUT2D eigenvalue weighted by Crippen LogP contribution is 2.19. The molecular formula is C12H12ClN3OS. The quantitative estimate of drug-likeness (QED) is 0.848. The first-order valence-electron chi connectivity index (χ1n) is 5.30. The smallest absolute Gasteiger partial charge is 0.253 e. The van der Waals surface area contributed by atoms with Gasteiger partial charge in [-0.3, -0.25) is 9.48 Å². The Morgan fingerprint density at radius 1 is 1.56 bits per heavy atom. The second kappa shape index (κ2) is 5.46. The molecule has 0 unspecified atom stereocenters. The summed E-state index contributed by atoms with van der Waals surface area (Å²) >= 11 is 10.2. The van der Waals surface area contributed by atoms with Gasteiger partial charge in [0.05, 0.1) is 16.8 Å². The maximum atomic E-state index is 11.9. The van der Waals surface area contributed by atoms with Crippen molar-refractivity contribution in [3.63, 3.8) is 0 Å². The second-order valence-corrected chi connectivity index (χ2v) is 4.79. The molecule has 0 aliphatic heterocycles. The van der Waals surface area contributed by atoms with Gasteiger partial charge in [0.15, 0.2) is 0 Å². The molecule has 1 heterocycles. The molecule has 1 N–H and O–H groups in total. The van der Waals surface area contributed by atoms with Crippen LogP contribution in [-0.2, 0) is 13.6 Å². The molecule has 1 amide bonds. The number of amides is 1. The van der Waals surface area contributed by atoms with E-state index in [-0.39, 0.29) is 5.91 Å². The summed E-state index contributed by atoms with van der Waals surface area (Å²) in [4.78, 5) is 12.6. The number of aryl methyl sites for hydroxylation is 1. The monoisotopic (exact) mass is 281 g/mol. The molecule has 0 fully saturated rings. The predicted octanol–water partition coefficient (Wildman–Crippen LogP) is 2.29. The van der Waals surface area contributed by atoms with Gasteiger partial charge in [-0.15, -0.1) is 12.6 Å². The second-order valence-electron chi connectivity index (χ2n) is 3.87. The van der Waals surface area contributed by atoms with Crippen LogP contribution in [0.15, 0.2) is 35.5 Å². The molecule has 0 saturated carbocycles. The lowest BCUT2D eigenvalue weighted by molar-refractivity contribution is 0.0951. The van der Waals surface area contributed by atoms with E-state index in [9.17, 15) is 4.79 Å². The molecule has 6 heteroatoms. The molecule has 0 saturated heterocycles. The van der Waals surface area contributed by atoms with Gasteiger partial charge in [0.25, 0.3) is 5.91 Å². The first-order valence-corrected chi connectivity index (χ1v) is 6.13. The SMILES string of the molecule is Cn1cc(CNC(=O)c2cc(S)ccc2Cl)cn1. The third-order valence-corrected chi connectivity index (χ3v) is 3.01. The van der Waals surface area contributed by atoms with Crippen molar-refractivity contribution in [1.29, 1.82) is 0 Å². The summed E-state index contributed by atoms with van der Waals surface area (Å²) < 4.78 is 1.68. The summed E-state index contributed by atoms with van der Waals surface area (Å²) in [6.07, 6.45) is 3.55. The van der Waals surface area contributed by atoms with E-state index in [4.69, 9.17) is 11.6 Å². The van der Waals surface area contributed by atoms with E-state index >= 15 is 0 Å². The van der Waals surface area contributed by atoms with Crippen molar-refractivity contribution in [3.8, 4) is 0 Å². The van der Waals surface area contributed by atoms with Crippen molar-refractivity contribution < 1.29 is 4.79 Å². The van der Waals surface area contributed by atoms with Gasteiger partial charge in [-0.1, -0.05) is 11.6 Å². The lowest BCUT2D eigenvalue weighted by Crippen LogP contribution is -2.22. The number of hydrogen-bond acceptors (Lipinski definition) is 3. The van der Waals surface area contributed by atoms with Gasteiger partial charge in [0.2, 0.25) is 0 Å². The Morgan fingerprint density at radius 3 is 3.00 bits per heavy atom. The fourth-order valence-corrected chi connectivity index (χ4v) is 1.93. The zero-order chi connectivity index (χ0) is 13.1. The van der Waals surface area contributed by atoms with Crippen LogP contribution < -0.4 is 5.32 Å². The van der Waals surface area contributed by atoms with Gasteiger partial charge < -0.3 is 5.32 Å². The molecule has 1 aromatic carbocycles. The number of rotatable bonds is 3. The van der Waals surface area contributed by atoms with Crippen molar-refractivity contribution in [1.82, 2.24) is 15.1 Å². The van der Waals surface area contributed by atoms with Crippen molar-refractivity contribution >= 4 is 30.1 Å². The molecule has 94 valence electrons. The summed E-state index contributed by atoms with van der Waals surface area (Å²) in [6, 6.07) is 5.04. The van der Waals surface area contributed by atoms with E-state index in [1.54, 1.807) is 29.1 Å². The minimum absolute atomic E-state index is 0.222. The summed E-state index contributed by atoms with van der Waals surface area (Å²) in [5.41, 5.74) is 1.36. The largest absolute Gasteiger partial charge is 0.348 e. The standard InChI is InChI=1S/C12H12ClN3OS/c1-16-7-8(6-15-16)5-14-12(17)10-4-9(18)2-3-11(10)13/h2-4,6-7,18H,5H2,1H3,(H,14,17). The highest BCUT2D eigenvalue weighted by atomic mass is 35.5. The Labute approximate surface area is 115 Å². The van der Waals surface area contributed by atoms with E-state index < -0.39 is 0 Å². The van der Waals surface area contributed by atoms with Gasteiger partial charge in [0, 0.05) is 30.2 Å². The molecule has 0 bridgehead atoms. The fourth-order valence-electron chi connectivity index (χ4n) is 1.53. The molecule has 0 aliphatic rings. The third kappa shape index (κ3) is 3.05. The summed E-state index contributed by atoms with van der Waals surface area (Å²) in [6.45, 7) is 0.416. The lowest BCUT2D eigenvalue weighted by Gasteiger charge is -2.06. The minimum atomic E-state index is -0.222. The average Bonchev–Trinajstić information content (AvgIpc) is 2.75. The first-order chi connectivity index (χ1) is 8.56. The summed E-state index contributed by atoms with van der Waals surface area (Å²) in [7, 11) is 1.83. The molecule has 0 spiro atoms. The van der Waals surface area contributed by atoms with Crippen LogP contribution in [0.3, 0.4) is 0 Å². The topological polar surface area (TPSA) is 46.9 Å². The van der Waals surface area contributed by atoms with E-state index in [1.165, 1.54) is 0 Å². The van der Waals surface area contributed by atoms with Crippen molar-refractivity contribution in [2.24, 2.45) is 7.05 Å². The van der Waals surface area contributed by atoms with Crippen LogP contribution in [0, 0.1) is 0 Å². The number of nitrogens with one attached hydrogen (secondary N) is 1. The van der Waals surface area contributed by atoms with E-state index in [1.807, 2.05) is 13.2 Å². The van der Waals surface area contributed by atoms with Crippen LogP contribution in [0.4, 0.5) is 0 Å². The van der Waals surface area contributed by atoms with E-state index in [2.05, 4.69) is 23.0 Å². The maximum Gasteiger partial charge on any atom is 0.253 e. The number of carbonyl (C=O) groups is 1. The first kappa shape index (κ1) is 13.0. The van der Waals surface area contributed by atoms with Gasteiger partial charge in [-0.2, -0.15) is 5.10 Å². The van der Waals surface area contributed by atoms with Gasteiger partial charge in [-0.05, 0) is 18.2 Å². The number of halogens is 1. The molecule has 0 aliphatic carbocycles. The van der Waals surface area contributed by atoms with Gasteiger partial charge in [0.1, 0.15) is 0 Å². The normalized spacial score (nSPS) is 10.4. The van der Waals surface area contributed by atoms with Gasteiger partial charge in [-0.25, -0.2) is 0 Å². The summed E-state index contributed by atoms with van der Waals surface area (Å²) in [5, 5.41) is 7.23. The van der Waals surface area contributed by atoms with Crippen molar-refractivity contribution in [2.75, 3.05) is 0 Å². The number of hydrogen-bond donors (Lipinski definition) is 2. The third-order valence-electron chi connectivity index (χ3n) is 2.41. The highest BCUT2D eigenvalue weighted by Gasteiger charge is 2.10. The lowest BCUT2D eigenvalue weighted by atomic mass is 10.2. The number of carbonyl (C=O) groups excluding carboxylic acids is 1. The molecule has 4 nitrogen and oxygen atoms in total. The highest BCUT2D eigenvalue weighted by molar-refractivity contribution is 7.80. The van der Waals surface area contributed by atoms with Crippen molar-refractivity contribution in [2.45, 2.75) is 11.4 Å². The Bertz CT molecular complexity index is 582. The zero-order valence-electron chi connectivity index (χ0n) is 9.72. The molecule has 18 heavy (non-hydrogen) atoms. The fraction of sp³-hybridized carbons (Fsp3) is 0.167. The predicted molar refractivity (Wildman–Crippen MR) is 73.1 cm³/mol. The van der Waals surface area contributed by atoms with E-state index in [0.717, 1.165) is 5.56 Å². The van der Waals surface area contributed by atoms with Crippen molar-refractivity contribution in [3.05, 3.63) is 46.7 Å². The number of aromatic nitrogens is 2. The van der Waals surface area contributed by atoms with Crippen LogP contribution >= 0.6 is 24.2 Å². The molecule has 2 rings (SSSR count). The Kier molecular flexibility index (Phi) is 3.93.